The number of carbonyl (C=O) groups is 1. The number of aromatic amines is 1. The fourth-order valence-electron chi connectivity index (χ4n) is 1.16. The lowest BCUT2D eigenvalue weighted by Gasteiger charge is -2.03. The van der Waals surface area contributed by atoms with E-state index < -0.39 is 0 Å². The number of rotatable bonds is 2. The second-order valence-electron chi connectivity index (χ2n) is 3.03. The average molecular weight is 271 g/mol. The molecular formula is C10H7ClN2OS2. The number of halogens is 1. The number of nitrogens with one attached hydrogen (secondary N) is 2. The van der Waals surface area contributed by atoms with E-state index in [4.69, 9.17) is 23.8 Å². The summed E-state index contributed by atoms with van der Waals surface area (Å²) in [5, 5.41) is 4.98. The summed E-state index contributed by atoms with van der Waals surface area (Å²) in [7, 11) is 0. The van der Waals surface area contributed by atoms with Crippen molar-refractivity contribution in [2.75, 3.05) is 5.32 Å². The van der Waals surface area contributed by atoms with Crippen LogP contribution in [0.15, 0.2) is 29.6 Å². The highest BCUT2D eigenvalue weighted by atomic mass is 35.5. The number of thiazole rings is 1. The molecule has 2 rings (SSSR count). The van der Waals surface area contributed by atoms with Gasteiger partial charge in [-0.05, 0) is 30.4 Å². The van der Waals surface area contributed by atoms with Crippen molar-refractivity contribution in [3.63, 3.8) is 0 Å². The quantitative estimate of drug-likeness (QED) is 0.817. The molecule has 1 aromatic carbocycles. The number of aromatic nitrogens is 1. The van der Waals surface area contributed by atoms with Crippen molar-refractivity contribution >= 4 is 46.8 Å². The van der Waals surface area contributed by atoms with Crippen LogP contribution in [0.1, 0.15) is 10.5 Å². The van der Waals surface area contributed by atoms with Crippen LogP contribution in [0.4, 0.5) is 5.69 Å². The van der Waals surface area contributed by atoms with Crippen LogP contribution in [0.3, 0.4) is 0 Å². The number of H-pyrrole nitrogens is 1. The van der Waals surface area contributed by atoms with Gasteiger partial charge in [-0.2, -0.15) is 0 Å². The van der Waals surface area contributed by atoms with E-state index in [2.05, 4.69) is 10.3 Å². The Hall–Kier alpha value is -1.17. The minimum atomic E-state index is -0.227. The molecule has 0 saturated heterocycles. The van der Waals surface area contributed by atoms with Crippen LogP contribution >= 0.6 is 35.2 Å². The van der Waals surface area contributed by atoms with E-state index in [1.54, 1.807) is 29.6 Å². The topological polar surface area (TPSA) is 44.9 Å². The minimum absolute atomic E-state index is 0.227. The van der Waals surface area contributed by atoms with Crippen molar-refractivity contribution in [2.24, 2.45) is 0 Å². The van der Waals surface area contributed by atoms with Gasteiger partial charge in [-0.1, -0.05) is 17.7 Å². The van der Waals surface area contributed by atoms with Crippen molar-refractivity contribution < 1.29 is 4.79 Å². The number of amides is 1. The zero-order valence-corrected chi connectivity index (χ0v) is 10.4. The van der Waals surface area contributed by atoms with Gasteiger partial charge in [-0.15, -0.1) is 11.3 Å². The summed E-state index contributed by atoms with van der Waals surface area (Å²) in [6, 6.07) is 6.97. The third kappa shape index (κ3) is 2.69. The molecule has 2 aromatic rings. The fourth-order valence-corrected chi connectivity index (χ4v) is 2.16. The van der Waals surface area contributed by atoms with Gasteiger partial charge in [-0.3, -0.25) is 4.79 Å². The normalized spacial score (nSPS) is 10.1. The van der Waals surface area contributed by atoms with Crippen molar-refractivity contribution in [3.05, 3.63) is 44.3 Å². The molecule has 16 heavy (non-hydrogen) atoms. The van der Waals surface area contributed by atoms with Crippen molar-refractivity contribution in [1.82, 2.24) is 4.98 Å². The lowest BCUT2D eigenvalue weighted by Crippen LogP contribution is -2.11. The number of anilines is 1. The lowest BCUT2D eigenvalue weighted by molar-refractivity contribution is 0.102. The first-order valence-electron chi connectivity index (χ1n) is 4.40. The highest BCUT2D eigenvalue weighted by molar-refractivity contribution is 7.73. The van der Waals surface area contributed by atoms with Crippen LogP contribution in [0, 0.1) is 3.95 Å². The maximum absolute atomic E-state index is 11.7. The zero-order chi connectivity index (χ0) is 11.5. The largest absolute Gasteiger partial charge is 0.333 e. The molecule has 0 aliphatic rings. The molecule has 2 N–H and O–H groups in total. The molecule has 1 amide bonds. The van der Waals surface area contributed by atoms with Crippen LogP contribution in [0.5, 0.6) is 0 Å². The Balaban J connectivity index is 2.16. The molecule has 0 aliphatic carbocycles. The van der Waals surface area contributed by atoms with Gasteiger partial charge in [0.2, 0.25) is 0 Å². The van der Waals surface area contributed by atoms with E-state index in [-0.39, 0.29) is 5.91 Å². The summed E-state index contributed by atoms with van der Waals surface area (Å²) < 4.78 is 0.580. The first kappa shape index (κ1) is 11.3. The van der Waals surface area contributed by atoms with Crippen LogP contribution in [0.2, 0.25) is 5.02 Å². The Morgan fingerprint density at radius 1 is 1.50 bits per heavy atom. The monoisotopic (exact) mass is 270 g/mol. The van der Waals surface area contributed by atoms with E-state index >= 15 is 0 Å². The standard InChI is InChI=1S/C10H7ClN2OS2/c11-6-2-1-3-7(4-6)12-9(14)8-5-16-10(15)13-8/h1-5H,(H,12,14)(H,13,15). The zero-order valence-electron chi connectivity index (χ0n) is 7.99. The Morgan fingerprint density at radius 3 is 2.94 bits per heavy atom. The van der Waals surface area contributed by atoms with E-state index in [0.717, 1.165) is 0 Å². The van der Waals surface area contributed by atoms with Crippen LogP contribution in [0.25, 0.3) is 0 Å². The molecule has 1 aromatic heterocycles. The molecule has 0 atom stereocenters. The Bertz CT molecular complexity index is 576. The Kier molecular flexibility index (Phi) is 3.38. The van der Waals surface area contributed by atoms with Gasteiger partial charge >= 0.3 is 0 Å². The number of benzene rings is 1. The molecule has 0 unspecified atom stereocenters. The van der Waals surface area contributed by atoms with Crippen molar-refractivity contribution in [2.45, 2.75) is 0 Å². The third-order valence-corrected chi connectivity index (χ3v) is 3.14. The molecular weight excluding hydrogens is 264 g/mol. The summed E-state index contributed by atoms with van der Waals surface area (Å²) in [5.41, 5.74) is 1.11. The number of hydrogen-bond acceptors (Lipinski definition) is 3. The van der Waals surface area contributed by atoms with Gasteiger partial charge in [0.1, 0.15) is 5.69 Å². The Morgan fingerprint density at radius 2 is 2.31 bits per heavy atom. The first-order chi connectivity index (χ1) is 7.65. The van der Waals surface area contributed by atoms with Gasteiger partial charge in [-0.25, -0.2) is 0 Å². The second kappa shape index (κ2) is 4.78. The van der Waals surface area contributed by atoms with E-state index in [1.807, 2.05) is 0 Å². The molecule has 0 bridgehead atoms. The molecule has 0 saturated carbocycles. The minimum Gasteiger partial charge on any atom is -0.333 e. The van der Waals surface area contributed by atoms with Gasteiger partial charge in [0, 0.05) is 16.1 Å². The summed E-state index contributed by atoms with van der Waals surface area (Å²) in [6.07, 6.45) is 0. The highest BCUT2D eigenvalue weighted by Crippen LogP contribution is 2.16. The van der Waals surface area contributed by atoms with E-state index in [0.29, 0.717) is 20.4 Å². The van der Waals surface area contributed by atoms with Gasteiger partial charge in [0.05, 0.1) is 0 Å². The average Bonchev–Trinajstić information content (AvgIpc) is 2.65. The van der Waals surface area contributed by atoms with E-state index in [9.17, 15) is 4.79 Å². The van der Waals surface area contributed by atoms with Crippen LogP contribution < -0.4 is 5.32 Å². The fraction of sp³-hybridized carbons (Fsp3) is 0. The van der Waals surface area contributed by atoms with Gasteiger partial charge in [0.15, 0.2) is 3.95 Å². The van der Waals surface area contributed by atoms with Crippen molar-refractivity contribution in [1.29, 1.82) is 0 Å². The molecule has 82 valence electrons. The second-order valence-corrected chi connectivity index (χ2v) is 5.01. The summed E-state index contributed by atoms with van der Waals surface area (Å²) in [4.78, 5) is 14.5. The van der Waals surface area contributed by atoms with Gasteiger partial charge < -0.3 is 10.3 Å². The molecule has 1 heterocycles. The predicted octanol–water partition coefficient (Wildman–Crippen LogP) is 3.71. The maximum atomic E-state index is 11.7. The molecule has 0 aliphatic heterocycles. The number of carbonyl (C=O) groups excluding carboxylic acids is 1. The van der Waals surface area contributed by atoms with Crippen molar-refractivity contribution in [3.8, 4) is 0 Å². The number of hydrogen-bond donors (Lipinski definition) is 2. The molecule has 0 radical (unpaired) electrons. The SMILES string of the molecule is O=C(Nc1cccc(Cl)c1)c1csc(=S)[nH]1. The molecule has 0 spiro atoms. The molecule has 0 fully saturated rings. The Labute approximate surface area is 106 Å². The maximum Gasteiger partial charge on any atom is 0.272 e. The van der Waals surface area contributed by atoms with Crippen LogP contribution in [-0.4, -0.2) is 10.9 Å². The smallest absolute Gasteiger partial charge is 0.272 e. The molecule has 6 heteroatoms. The van der Waals surface area contributed by atoms with Crippen LogP contribution in [-0.2, 0) is 0 Å². The first-order valence-corrected chi connectivity index (χ1v) is 6.06. The van der Waals surface area contributed by atoms with E-state index in [1.165, 1.54) is 11.3 Å². The summed E-state index contributed by atoms with van der Waals surface area (Å²) in [6.45, 7) is 0. The summed E-state index contributed by atoms with van der Waals surface area (Å²) >= 11 is 12.0. The highest BCUT2D eigenvalue weighted by Gasteiger charge is 2.07. The van der Waals surface area contributed by atoms with Gasteiger partial charge in [0.25, 0.3) is 5.91 Å². The molecule has 3 nitrogen and oxygen atoms in total. The lowest BCUT2D eigenvalue weighted by atomic mass is 10.3. The predicted molar refractivity (Wildman–Crippen MR) is 68.9 cm³/mol. The summed E-state index contributed by atoms with van der Waals surface area (Å²) in [5.74, 6) is -0.227. The third-order valence-electron chi connectivity index (χ3n) is 1.85.